The SMILES string of the molecule is CC(=O)NCCC=Cc1ccc2c(c1)C(=O)c1ccccc1-2. The maximum Gasteiger partial charge on any atom is 0.216 e. The fourth-order valence-electron chi connectivity index (χ4n) is 2.70. The van der Waals surface area contributed by atoms with E-state index in [0.29, 0.717) is 6.54 Å². The molecule has 0 radical (unpaired) electrons. The van der Waals surface area contributed by atoms with Crippen LogP contribution in [0.2, 0.25) is 0 Å². The third-order valence-electron chi connectivity index (χ3n) is 3.75. The molecule has 1 aliphatic carbocycles. The summed E-state index contributed by atoms with van der Waals surface area (Å²) in [6.07, 6.45) is 4.76. The van der Waals surface area contributed by atoms with E-state index in [0.717, 1.165) is 34.2 Å². The molecule has 3 heteroatoms. The number of hydrogen-bond donors (Lipinski definition) is 1. The van der Waals surface area contributed by atoms with E-state index in [4.69, 9.17) is 0 Å². The Labute approximate surface area is 129 Å². The number of fused-ring (bicyclic) bond motifs is 3. The van der Waals surface area contributed by atoms with Gasteiger partial charge in [0.2, 0.25) is 5.91 Å². The minimum absolute atomic E-state index is 0.0192. The highest BCUT2D eigenvalue weighted by atomic mass is 16.1. The zero-order chi connectivity index (χ0) is 15.5. The summed E-state index contributed by atoms with van der Waals surface area (Å²) in [5.74, 6) is 0.0772. The van der Waals surface area contributed by atoms with Crippen molar-refractivity contribution >= 4 is 17.8 Å². The molecule has 0 saturated carbocycles. The van der Waals surface area contributed by atoms with Gasteiger partial charge in [-0.25, -0.2) is 0 Å². The molecular formula is C19H17NO2. The second kappa shape index (κ2) is 5.98. The Kier molecular flexibility index (Phi) is 3.88. The van der Waals surface area contributed by atoms with Crippen LogP contribution < -0.4 is 5.32 Å². The van der Waals surface area contributed by atoms with Crippen molar-refractivity contribution in [3.05, 3.63) is 65.2 Å². The topological polar surface area (TPSA) is 46.2 Å². The number of amides is 1. The first-order valence-electron chi connectivity index (χ1n) is 7.36. The molecule has 0 aromatic heterocycles. The van der Waals surface area contributed by atoms with Gasteiger partial charge in [-0.15, -0.1) is 0 Å². The van der Waals surface area contributed by atoms with Crippen LogP contribution in [0.5, 0.6) is 0 Å². The second-order valence-electron chi connectivity index (χ2n) is 5.35. The molecule has 22 heavy (non-hydrogen) atoms. The van der Waals surface area contributed by atoms with Crippen LogP contribution in [0.1, 0.15) is 34.8 Å². The van der Waals surface area contributed by atoms with Crippen molar-refractivity contribution in [2.75, 3.05) is 6.54 Å². The van der Waals surface area contributed by atoms with E-state index in [1.165, 1.54) is 6.92 Å². The van der Waals surface area contributed by atoms with Gasteiger partial charge in [0, 0.05) is 24.6 Å². The highest BCUT2D eigenvalue weighted by molar-refractivity contribution is 6.21. The Morgan fingerprint density at radius 1 is 1.05 bits per heavy atom. The Morgan fingerprint density at radius 3 is 2.55 bits per heavy atom. The van der Waals surface area contributed by atoms with Crippen LogP contribution >= 0.6 is 0 Å². The van der Waals surface area contributed by atoms with Gasteiger partial charge < -0.3 is 5.32 Å². The van der Waals surface area contributed by atoms with Crippen LogP contribution in [0.15, 0.2) is 48.5 Å². The first-order valence-corrected chi connectivity index (χ1v) is 7.36. The third-order valence-corrected chi connectivity index (χ3v) is 3.75. The van der Waals surface area contributed by atoms with Gasteiger partial charge in [0.15, 0.2) is 5.78 Å². The minimum atomic E-state index is -0.0192. The fourth-order valence-corrected chi connectivity index (χ4v) is 2.70. The Bertz CT molecular complexity index is 775. The largest absolute Gasteiger partial charge is 0.356 e. The molecule has 0 spiro atoms. The van der Waals surface area contributed by atoms with Crippen molar-refractivity contribution in [1.82, 2.24) is 5.32 Å². The summed E-state index contributed by atoms with van der Waals surface area (Å²) < 4.78 is 0. The van der Waals surface area contributed by atoms with Gasteiger partial charge in [-0.05, 0) is 29.2 Å². The van der Waals surface area contributed by atoms with Gasteiger partial charge in [0.1, 0.15) is 0 Å². The van der Waals surface area contributed by atoms with Crippen LogP contribution in [-0.4, -0.2) is 18.2 Å². The number of nitrogens with one attached hydrogen (secondary N) is 1. The van der Waals surface area contributed by atoms with Crippen LogP contribution in [0, 0.1) is 0 Å². The number of carbonyl (C=O) groups excluding carboxylic acids is 2. The molecule has 1 aliphatic rings. The van der Waals surface area contributed by atoms with Crippen LogP contribution in [0.3, 0.4) is 0 Å². The van der Waals surface area contributed by atoms with Gasteiger partial charge >= 0.3 is 0 Å². The van der Waals surface area contributed by atoms with Crippen molar-refractivity contribution in [1.29, 1.82) is 0 Å². The Balaban J connectivity index is 1.77. The van der Waals surface area contributed by atoms with Crippen LogP contribution in [-0.2, 0) is 4.79 Å². The summed E-state index contributed by atoms with van der Waals surface area (Å²) in [6.45, 7) is 2.13. The highest BCUT2D eigenvalue weighted by Crippen LogP contribution is 2.36. The lowest BCUT2D eigenvalue weighted by atomic mass is 10.0. The molecule has 0 atom stereocenters. The Morgan fingerprint density at radius 2 is 1.77 bits per heavy atom. The monoisotopic (exact) mass is 291 g/mol. The predicted octanol–water partition coefficient (Wildman–Crippen LogP) is 3.44. The zero-order valence-electron chi connectivity index (χ0n) is 12.4. The van der Waals surface area contributed by atoms with Gasteiger partial charge in [-0.1, -0.05) is 48.6 Å². The molecule has 0 aliphatic heterocycles. The molecular weight excluding hydrogens is 274 g/mol. The Hall–Kier alpha value is -2.68. The predicted molar refractivity (Wildman–Crippen MR) is 87.6 cm³/mol. The summed E-state index contributed by atoms with van der Waals surface area (Å²) in [4.78, 5) is 23.2. The first-order chi connectivity index (χ1) is 10.7. The summed E-state index contributed by atoms with van der Waals surface area (Å²) in [7, 11) is 0. The maximum atomic E-state index is 12.4. The fraction of sp³-hybridized carbons (Fsp3) is 0.158. The van der Waals surface area contributed by atoms with Crippen molar-refractivity contribution in [2.45, 2.75) is 13.3 Å². The van der Waals surface area contributed by atoms with E-state index in [9.17, 15) is 9.59 Å². The van der Waals surface area contributed by atoms with Gasteiger partial charge in [-0.3, -0.25) is 9.59 Å². The quantitative estimate of drug-likeness (QED) is 0.748. The molecule has 110 valence electrons. The van der Waals surface area contributed by atoms with Crippen molar-refractivity contribution < 1.29 is 9.59 Å². The number of ketones is 1. The van der Waals surface area contributed by atoms with Gasteiger partial charge in [-0.2, -0.15) is 0 Å². The summed E-state index contributed by atoms with van der Waals surface area (Å²) in [5, 5.41) is 2.75. The summed E-state index contributed by atoms with van der Waals surface area (Å²) in [5.41, 5.74) is 4.58. The first kappa shape index (κ1) is 14.3. The molecule has 1 amide bonds. The molecule has 1 N–H and O–H groups in total. The molecule has 0 unspecified atom stereocenters. The molecule has 2 aromatic rings. The molecule has 0 bridgehead atoms. The lowest BCUT2D eigenvalue weighted by Gasteiger charge is -2.01. The third kappa shape index (κ3) is 2.70. The molecule has 0 fully saturated rings. The summed E-state index contributed by atoms with van der Waals surface area (Å²) >= 11 is 0. The normalized spacial score (nSPS) is 12.3. The molecule has 3 rings (SSSR count). The van der Waals surface area contributed by atoms with Crippen LogP contribution in [0.4, 0.5) is 0 Å². The van der Waals surface area contributed by atoms with E-state index >= 15 is 0 Å². The second-order valence-corrected chi connectivity index (χ2v) is 5.35. The standard InChI is InChI=1S/C19H17NO2/c1-13(21)20-11-5-4-6-14-9-10-16-15-7-2-3-8-17(15)19(22)18(16)12-14/h2-4,6-10,12H,5,11H2,1H3,(H,20,21). The minimum Gasteiger partial charge on any atom is -0.356 e. The zero-order valence-corrected chi connectivity index (χ0v) is 12.4. The smallest absolute Gasteiger partial charge is 0.216 e. The number of benzene rings is 2. The van der Waals surface area contributed by atoms with E-state index in [1.54, 1.807) is 0 Å². The molecule has 0 saturated heterocycles. The van der Waals surface area contributed by atoms with Crippen molar-refractivity contribution in [2.24, 2.45) is 0 Å². The van der Waals surface area contributed by atoms with E-state index < -0.39 is 0 Å². The van der Waals surface area contributed by atoms with E-state index in [2.05, 4.69) is 5.32 Å². The van der Waals surface area contributed by atoms with Crippen LogP contribution in [0.25, 0.3) is 17.2 Å². The number of rotatable bonds is 4. The molecule has 3 nitrogen and oxygen atoms in total. The lowest BCUT2D eigenvalue weighted by Crippen LogP contribution is -2.20. The van der Waals surface area contributed by atoms with Crippen molar-refractivity contribution in [3.8, 4) is 11.1 Å². The maximum absolute atomic E-state index is 12.4. The molecule has 0 heterocycles. The highest BCUT2D eigenvalue weighted by Gasteiger charge is 2.25. The van der Waals surface area contributed by atoms with Crippen molar-refractivity contribution in [3.63, 3.8) is 0 Å². The van der Waals surface area contributed by atoms with Gasteiger partial charge in [0.05, 0.1) is 0 Å². The van der Waals surface area contributed by atoms with E-state index in [-0.39, 0.29) is 11.7 Å². The average Bonchev–Trinajstić information content (AvgIpc) is 2.80. The summed E-state index contributed by atoms with van der Waals surface area (Å²) in [6, 6.07) is 13.7. The van der Waals surface area contributed by atoms with Gasteiger partial charge in [0.25, 0.3) is 0 Å². The number of hydrogen-bond acceptors (Lipinski definition) is 2. The molecule has 2 aromatic carbocycles. The van der Waals surface area contributed by atoms with E-state index in [1.807, 2.05) is 54.6 Å². The number of carbonyl (C=O) groups is 2. The average molecular weight is 291 g/mol. The lowest BCUT2D eigenvalue weighted by molar-refractivity contribution is -0.118.